The number of hydrogen-bond donors (Lipinski definition) is 3. The van der Waals surface area contributed by atoms with Crippen molar-refractivity contribution in [2.75, 3.05) is 5.32 Å². The summed E-state index contributed by atoms with van der Waals surface area (Å²) in [6, 6.07) is 2.36. The summed E-state index contributed by atoms with van der Waals surface area (Å²) in [5.74, 6) is 8.37. The third-order valence-electron chi connectivity index (χ3n) is 6.83. The molecule has 5 atom stereocenters. The van der Waals surface area contributed by atoms with Crippen molar-refractivity contribution in [2.45, 2.75) is 45.1 Å². The van der Waals surface area contributed by atoms with Crippen LogP contribution in [0.1, 0.15) is 49.4 Å². The summed E-state index contributed by atoms with van der Waals surface area (Å²) in [6.07, 6.45) is 9.61. The van der Waals surface area contributed by atoms with Crippen LogP contribution in [0.5, 0.6) is 0 Å². The Morgan fingerprint density at radius 2 is 2.12 bits per heavy atom. The summed E-state index contributed by atoms with van der Waals surface area (Å²) >= 11 is 0. The highest BCUT2D eigenvalue weighted by molar-refractivity contribution is 6.06. The lowest BCUT2D eigenvalue weighted by Crippen LogP contribution is -2.55. The molecular formula is C21H24N4O. The van der Waals surface area contributed by atoms with Crippen molar-refractivity contribution in [2.24, 2.45) is 28.9 Å². The predicted molar refractivity (Wildman–Crippen MR) is 101 cm³/mol. The number of aromatic amines is 1. The zero-order valence-corrected chi connectivity index (χ0v) is 15.0. The number of carbonyl (C=O) groups is 1. The smallest absolute Gasteiger partial charge is 0.252 e. The van der Waals surface area contributed by atoms with Gasteiger partial charge in [-0.25, -0.2) is 4.98 Å². The Morgan fingerprint density at radius 1 is 1.35 bits per heavy atom. The first-order valence-electron chi connectivity index (χ1n) is 9.55. The van der Waals surface area contributed by atoms with E-state index in [1.54, 1.807) is 6.20 Å². The molecule has 6 rings (SSSR count). The molecule has 4 saturated carbocycles. The average Bonchev–Trinajstić information content (AvgIpc) is 3.06. The van der Waals surface area contributed by atoms with E-state index in [2.05, 4.69) is 27.1 Å². The van der Waals surface area contributed by atoms with E-state index < -0.39 is 5.91 Å². The van der Waals surface area contributed by atoms with E-state index in [-0.39, 0.29) is 5.41 Å². The highest BCUT2D eigenvalue weighted by atomic mass is 16.1. The first-order chi connectivity index (χ1) is 12.6. The number of nitrogens with zero attached hydrogens (tertiary/aromatic N) is 1. The Labute approximate surface area is 153 Å². The Hall–Kier alpha value is -2.48. The molecule has 0 aromatic carbocycles. The Morgan fingerprint density at radius 3 is 2.81 bits per heavy atom. The quantitative estimate of drug-likeness (QED) is 0.744. The topological polar surface area (TPSA) is 83.8 Å². The van der Waals surface area contributed by atoms with Gasteiger partial charge < -0.3 is 16.0 Å². The normalized spacial score (nSPS) is 34.5. The van der Waals surface area contributed by atoms with Gasteiger partial charge in [0.15, 0.2) is 0 Å². The van der Waals surface area contributed by atoms with Crippen LogP contribution in [0.2, 0.25) is 0 Å². The zero-order valence-electron chi connectivity index (χ0n) is 15.0. The summed E-state index contributed by atoms with van der Waals surface area (Å²) in [7, 11) is 0. The zero-order chi connectivity index (χ0) is 17.9. The molecule has 4 unspecified atom stereocenters. The molecule has 4 fully saturated rings. The third kappa shape index (κ3) is 2.25. The van der Waals surface area contributed by atoms with Gasteiger partial charge in [0, 0.05) is 29.2 Å². The van der Waals surface area contributed by atoms with E-state index >= 15 is 0 Å². The van der Waals surface area contributed by atoms with Gasteiger partial charge in [-0.2, -0.15) is 0 Å². The van der Waals surface area contributed by atoms with Gasteiger partial charge in [0.1, 0.15) is 5.65 Å². The molecule has 26 heavy (non-hydrogen) atoms. The number of fused-ring (bicyclic) bond motifs is 1. The van der Waals surface area contributed by atoms with Crippen LogP contribution in [-0.4, -0.2) is 21.9 Å². The van der Waals surface area contributed by atoms with E-state index in [9.17, 15) is 4.79 Å². The second-order valence-corrected chi connectivity index (χ2v) is 8.45. The molecule has 0 aliphatic heterocycles. The monoisotopic (exact) mass is 348 g/mol. The van der Waals surface area contributed by atoms with Gasteiger partial charge in [-0.1, -0.05) is 5.92 Å². The van der Waals surface area contributed by atoms with Crippen LogP contribution in [0.3, 0.4) is 0 Å². The van der Waals surface area contributed by atoms with Gasteiger partial charge in [-0.15, -0.1) is 5.92 Å². The molecule has 4 aliphatic carbocycles. The van der Waals surface area contributed by atoms with Gasteiger partial charge in [0.25, 0.3) is 5.91 Å². The molecule has 4 aliphatic rings. The minimum Gasteiger partial charge on any atom is -0.380 e. The molecule has 5 nitrogen and oxygen atoms in total. The van der Waals surface area contributed by atoms with E-state index in [1.807, 2.05) is 19.2 Å². The number of pyridine rings is 1. The molecule has 1 amide bonds. The highest BCUT2D eigenvalue weighted by Gasteiger charge is 2.55. The van der Waals surface area contributed by atoms with Gasteiger partial charge in [0.2, 0.25) is 0 Å². The highest BCUT2D eigenvalue weighted by Crippen LogP contribution is 2.60. The summed E-state index contributed by atoms with van der Waals surface area (Å²) in [4.78, 5) is 19.4. The first kappa shape index (κ1) is 15.7. The van der Waals surface area contributed by atoms with Gasteiger partial charge >= 0.3 is 0 Å². The van der Waals surface area contributed by atoms with Crippen molar-refractivity contribution in [3.05, 3.63) is 24.0 Å². The lowest BCUT2D eigenvalue weighted by Gasteiger charge is -2.58. The summed E-state index contributed by atoms with van der Waals surface area (Å²) in [5, 5.41) is 4.70. The molecule has 4 bridgehead atoms. The number of rotatable bonds is 3. The van der Waals surface area contributed by atoms with E-state index in [0.29, 0.717) is 23.4 Å². The number of amides is 1. The van der Waals surface area contributed by atoms with Crippen molar-refractivity contribution < 1.29 is 4.79 Å². The van der Waals surface area contributed by atoms with Crippen LogP contribution >= 0.6 is 0 Å². The summed E-state index contributed by atoms with van der Waals surface area (Å²) < 4.78 is 0. The summed E-state index contributed by atoms with van der Waals surface area (Å²) in [5.41, 5.74) is 7.98. The number of primary amides is 1. The maximum absolute atomic E-state index is 12.0. The predicted octanol–water partition coefficient (Wildman–Crippen LogP) is 3.29. The van der Waals surface area contributed by atoms with Gasteiger partial charge in [-0.3, -0.25) is 4.79 Å². The van der Waals surface area contributed by atoms with Crippen molar-refractivity contribution in [1.29, 1.82) is 0 Å². The fraction of sp³-hybridized carbons (Fsp3) is 0.524. The summed E-state index contributed by atoms with van der Waals surface area (Å²) in [6.45, 7) is 1.97. The Balaban J connectivity index is 1.52. The molecule has 5 heteroatoms. The van der Waals surface area contributed by atoms with Crippen LogP contribution in [-0.2, 0) is 0 Å². The van der Waals surface area contributed by atoms with Crippen LogP contribution in [0.25, 0.3) is 11.0 Å². The number of nitrogens with one attached hydrogen (secondary N) is 2. The minimum absolute atomic E-state index is 0.234. The number of aromatic nitrogens is 2. The molecule has 2 aromatic heterocycles. The van der Waals surface area contributed by atoms with Crippen molar-refractivity contribution in [3.63, 3.8) is 0 Å². The maximum atomic E-state index is 12.0. The molecule has 134 valence electrons. The molecule has 0 radical (unpaired) electrons. The van der Waals surface area contributed by atoms with E-state index in [1.165, 1.54) is 32.1 Å². The minimum atomic E-state index is -0.430. The van der Waals surface area contributed by atoms with Crippen molar-refractivity contribution in [1.82, 2.24) is 9.97 Å². The second-order valence-electron chi connectivity index (χ2n) is 8.45. The number of nitrogens with two attached hydrogens (primary N) is 1. The molecule has 4 N–H and O–H groups in total. The lowest BCUT2D eigenvalue weighted by atomic mass is 9.48. The van der Waals surface area contributed by atoms with E-state index in [0.717, 1.165) is 22.6 Å². The molecule has 2 heterocycles. The lowest BCUT2D eigenvalue weighted by molar-refractivity contribution is -0.0285. The average molecular weight is 348 g/mol. The fourth-order valence-corrected chi connectivity index (χ4v) is 6.20. The van der Waals surface area contributed by atoms with Crippen molar-refractivity contribution >= 4 is 22.6 Å². The number of carbonyl (C=O) groups excluding carboxylic acids is 1. The van der Waals surface area contributed by atoms with Crippen LogP contribution in [0, 0.1) is 35.0 Å². The SMILES string of the molecule is CC#CC12CC3CC(C1)C(Nc1c(C(N)=O)cnc4[nH]ccc14)[C@@H](C3)C2. The van der Waals surface area contributed by atoms with Gasteiger partial charge in [-0.05, 0) is 62.8 Å². The second kappa shape index (κ2) is 5.51. The largest absolute Gasteiger partial charge is 0.380 e. The standard InChI is InChI=1S/C21H24N4O/c1-2-4-21-8-12-6-13(9-21)17(14(7-12)10-21)25-18-15-3-5-23-20(15)24-11-16(18)19(22)26/h3,5,11-14,17H,6-10H2,1H3,(H2,22,26)(H2,23,24,25)/t12?,13-,14?,17?,21?/m0/s1. The number of hydrogen-bond acceptors (Lipinski definition) is 3. The molecule has 0 saturated heterocycles. The van der Waals surface area contributed by atoms with Crippen LogP contribution in [0.15, 0.2) is 18.5 Å². The molecular weight excluding hydrogens is 324 g/mol. The number of H-pyrrole nitrogens is 1. The van der Waals surface area contributed by atoms with Crippen LogP contribution in [0.4, 0.5) is 5.69 Å². The fourth-order valence-electron chi connectivity index (χ4n) is 6.20. The maximum Gasteiger partial charge on any atom is 0.252 e. The first-order valence-corrected chi connectivity index (χ1v) is 9.55. The Bertz CT molecular complexity index is 934. The van der Waals surface area contributed by atoms with E-state index in [4.69, 9.17) is 5.73 Å². The number of anilines is 1. The van der Waals surface area contributed by atoms with Crippen molar-refractivity contribution in [3.8, 4) is 11.8 Å². The van der Waals surface area contributed by atoms with Crippen LogP contribution < -0.4 is 11.1 Å². The molecule has 0 spiro atoms. The molecule has 2 aromatic rings. The Kier molecular flexibility index (Phi) is 3.34. The third-order valence-corrected chi connectivity index (χ3v) is 6.83. The van der Waals surface area contributed by atoms with Gasteiger partial charge in [0.05, 0.1) is 11.3 Å².